The van der Waals surface area contributed by atoms with Crippen LogP contribution in [0.2, 0.25) is 5.02 Å². The predicted molar refractivity (Wildman–Crippen MR) is 69.8 cm³/mol. The molecule has 3 nitrogen and oxygen atoms in total. The van der Waals surface area contributed by atoms with Gasteiger partial charge in [0.1, 0.15) is 0 Å². The lowest BCUT2D eigenvalue weighted by atomic mass is 10.2. The molecular formula is C12H14ClNO2S. The highest BCUT2D eigenvalue weighted by Crippen LogP contribution is 2.36. The van der Waals surface area contributed by atoms with Gasteiger partial charge in [0.25, 0.3) is 0 Å². The van der Waals surface area contributed by atoms with Crippen LogP contribution in [0, 0.1) is 0 Å². The lowest BCUT2D eigenvalue weighted by Crippen LogP contribution is -2.26. The van der Waals surface area contributed by atoms with Gasteiger partial charge in [-0.25, -0.2) is 8.42 Å². The topological polar surface area (TPSA) is 46.2 Å². The van der Waals surface area contributed by atoms with E-state index in [1.807, 2.05) is 13.8 Å². The van der Waals surface area contributed by atoms with Crippen LogP contribution in [-0.2, 0) is 9.84 Å². The summed E-state index contributed by atoms with van der Waals surface area (Å²) in [4.78, 5) is 0.694. The molecule has 0 atom stereocenters. The van der Waals surface area contributed by atoms with E-state index in [2.05, 4.69) is 5.32 Å². The van der Waals surface area contributed by atoms with Gasteiger partial charge < -0.3 is 5.32 Å². The van der Waals surface area contributed by atoms with Gasteiger partial charge in [0.15, 0.2) is 0 Å². The van der Waals surface area contributed by atoms with E-state index < -0.39 is 9.84 Å². The van der Waals surface area contributed by atoms with Gasteiger partial charge in [-0.2, -0.15) is 0 Å². The maximum absolute atomic E-state index is 12.2. The number of hydrogen-bond donors (Lipinski definition) is 1. The summed E-state index contributed by atoms with van der Waals surface area (Å²) in [6, 6.07) is 5.19. The molecule has 17 heavy (non-hydrogen) atoms. The molecule has 0 aliphatic carbocycles. The molecule has 1 aromatic rings. The first-order valence-corrected chi connectivity index (χ1v) is 7.26. The molecule has 2 rings (SSSR count). The summed E-state index contributed by atoms with van der Waals surface area (Å²) in [5.41, 5.74) is 0.606. The molecule has 0 fully saturated rings. The molecule has 0 radical (unpaired) electrons. The fourth-order valence-electron chi connectivity index (χ4n) is 1.72. The Bertz CT molecular complexity index is 576. The lowest BCUT2D eigenvalue weighted by Gasteiger charge is -2.08. The minimum absolute atomic E-state index is 0.241. The van der Waals surface area contributed by atoms with Crippen LogP contribution in [0.4, 0.5) is 0 Å². The van der Waals surface area contributed by atoms with Gasteiger partial charge in [-0.15, -0.1) is 0 Å². The zero-order valence-electron chi connectivity index (χ0n) is 9.70. The first-order valence-electron chi connectivity index (χ1n) is 5.40. The standard InChI is InChI=1S/C12H14ClNO2S/c1-8(2)14-7-9-6-10-11(13)4-3-5-12(10)17(9,15)16/h3-6,8,14H,7H2,1-2H3. The Morgan fingerprint density at radius 3 is 2.65 bits per heavy atom. The van der Waals surface area contributed by atoms with Crippen LogP contribution in [0.1, 0.15) is 19.4 Å². The second-order valence-electron chi connectivity index (χ2n) is 4.30. The molecule has 1 aromatic carbocycles. The van der Waals surface area contributed by atoms with E-state index in [0.717, 1.165) is 0 Å². The molecular weight excluding hydrogens is 258 g/mol. The third kappa shape index (κ3) is 2.25. The molecule has 5 heteroatoms. The van der Waals surface area contributed by atoms with E-state index in [9.17, 15) is 8.42 Å². The van der Waals surface area contributed by atoms with Crippen molar-refractivity contribution < 1.29 is 8.42 Å². The van der Waals surface area contributed by atoms with Gasteiger partial charge in [-0.05, 0) is 18.2 Å². The number of nitrogens with one attached hydrogen (secondary N) is 1. The van der Waals surface area contributed by atoms with Crippen molar-refractivity contribution in [2.75, 3.05) is 6.54 Å². The van der Waals surface area contributed by atoms with E-state index in [-0.39, 0.29) is 6.04 Å². The summed E-state index contributed by atoms with van der Waals surface area (Å²) in [5, 5.41) is 3.58. The highest BCUT2D eigenvalue weighted by molar-refractivity contribution is 7.95. The SMILES string of the molecule is CC(C)NCC1=Cc2c(Cl)cccc2S1(=O)=O. The van der Waals surface area contributed by atoms with Crippen LogP contribution in [0.25, 0.3) is 6.08 Å². The lowest BCUT2D eigenvalue weighted by molar-refractivity contribution is 0.593. The zero-order valence-corrected chi connectivity index (χ0v) is 11.3. The van der Waals surface area contributed by atoms with Gasteiger partial charge >= 0.3 is 0 Å². The van der Waals surface area contributed by atoms with Crippen molar-refractivity contribution in [3.63, 3.8) is 0 Å². The minimum Gasteiger partial charge on any atom is -0.310 e. The molecule has 1 heterocycles. The van der Waals surface area contributed by atoms with Gasteiger partial charge in [-0.1, -0.05) is 31.5 Å². The highest BCUT2D eigenvalue weighted by atomic mass is 35.5. The summed E-state index contributed by atoms with van der Waals surface area (Å²) in [6.07, 6.45) is 1.66. The number of fused-ring (bicyclic) bond motifs is 1. The molecule has 0 amide bonds. The van der Waals surface area contributed by atoms with E-state index in [4.69, 9.17) is 11.6 Å². The van der Waals surface area contributed by atoms with Crippen LogP contribution < -0.4 is 5.32 Å². The van der Waals surface area contributed by atoms with E-state index in [0.29, 0.717) is 26.9 Å². The van der Waals surface area contributed by atoms with Crippen LogP contribution in [0.15, 0.2) is 28.0 Å². The first-order chi connectivity index (χ1) is 7.93. The third-order valence-electron chi connectivity index (χ3n) is 2.64. The van der Waals surface area contributed by atoms with E-state index in [1.54, 1.807) is 24.3 Å². The van der Waals surface area contributed by atoms with Gasteiger partial charge in [-0.3, -0.25) is 0 Å². The predicted octanol–water partition coefficient (Wildman–Crippen LogP) is 2.47. The van der Waals surface area contributed by atoms with Crippen molar-refractivity contribution >= 4 is 27.5 Å². The van der Waals surface area contributed by atoms with Crippen molar-refractivity contribution in [1.82, 2.24) is 5.32 Å². The molecule has 0 saturated carbocycles. The Morgan fingerprint density at radius 2 is 2.06 bits per heavy atom. The highest BCUT2D eigenvalue weighted by Gasteiger charge is 2.30. The Hall–Kier alpha value is -0.840. The quantitative estimate of drug-likeness (QED) is 0.919. The maximum Gasteiger partial charge on any atom is 0.204 e. The third-order valence-corrected chi connectivity index (χ3v) is 4.85. The molecule has 0 unspecified atom stereocenters. The van der Waals surface area contributed by atoms with E-state index in [1.165, 1.54) is 0 Å². The number of benzene rings is 1. The van der Waals surface area contributed by atoms with Crippen LogP contribution in [0.5, 0.6) is 0 Å². The van der Waals surface area contributed by atoms with Crippen molar-refractivity contribution in [2.45, 2.75) is 24.8 Å². The minimum atomic E-state index is -3.35. The van der Waals surface area contributed by atoms with Crippen molar-refractivity contribution in [1.29, 1.82) is 0 Å². The monoisotopic (exact) mass is 271 g/mol. The largest absolute Gasteiger partial charge is 0.310 e. The number of sulfone groups is 1. The normalized spacial score (nSPS) is 17.1. The summed E-state index contributed by atoms with van der Waals surface area (Å²) in [7, 11) is -3.35. The smallest absolute Gasteiger partial charge is 0.204 e. The van der Waals surface area contributed by atoms with Crippen LogP contribution >= 0.6 is 11.6 Å². The molecule has 0 bridgehead atoms. The summed E-state index contributed by atoms with van der Waals surface area (Å²) >= 11 is 6.00. The molecule has 1 aliphatic rings. The molecule has 0 saturated heterocycles. The van der Waals surface area contributed by atoms with Gasteiger partial charge in [0.05, 0.1) is 9.80 Å². The van der Waals surface area contributed by atoms with Crippen LogP contribution in [-0.4, -0.2) is 21.0 Å². The average Bonchev–Trinajstić information content (AvgIpc) is 2.50. The Labute approximate surface area is 106 Å². The summed E-state index contributed by atoms with van der Waals surface area (Å²) in [6.45, 7) is 4.29. The average molecular weight is 272 g/mol. The number of rotatable bonds is 3. The molecule has 92 valence electrons. The van der Waals surface area contributed by atoms with Crippen molar-refractivity contribution in [2.24, 2.45) is 0 Å². The van der Waals surface area contributed by atoms with Crippen molar-refractivity contribution in [3.8, 4) is 0 Å². The Morgan fingerprint density at radius 1 is 1.35 bits per heavy atom. The molecule has 0 spiro atoms. The Kier molecular flexibility index (Phi) is 3.30. The molecule has 1 N–H and O–H groups in total. The summed E-state index contributed by atoms with van der Waals surface area (Å²) < 4.78 is 24.4. The van der Waals surface area contributed by atoms with Gasteiger partial charge in [0.2, 0.25) is 9.84 Å². The van der Waals surface area contributed by atoms with Gasteiger partial charge in [0, 0.05) is 23.2 Å². The van der Waals surface area contributed by atoms with Crippen LogP contribution in [0.3, 0.4) is 0 Å². The molecule has 0 aromatic heterocycles. The number of hydrogen-bond acceptors (Lipinski definition) is 3. The maximum atomic E-state index is 12.2. The fourth-order valence-corrected chi connectivity index (χ4v) is 3.55. The first kappa shape index (κ1) is 12.6. The second kappa shape index (κ2) is 4.44. The molecule has 1 aliphatic heterocycles. The number of halogens is 1. The van der Waals surface area contributed by atoms with Crippen molar-refractivity contribution in [3.05, 3.63) is 33.7 Å². The zero-order chi connectivity index (χ0) is 12.6. The summed E-state index contributed by atoms with van der Waals surface area (Å²) in [5.74, 6) is 0. The fraction of sp³-hybridized carbons (Fsp3) is 0.333. The second-order valence-corrected chi connectivity index (χ2v) is 6.68. The van der Waals surface area contributed by atoms with E-state index >= 15 is 0 Å². The Balaban J connectivity index is 2.40.